The molecule has 0 aromatic carbocycles. The smallest absolute Gasteiger partial charge is 0.145 e. The van der Waals surface area contributed by atoms with E-state index in [4.69, 9.17) is 21.6 Å². The molecule has 1 aliphatic rings. The molecule has 0 saturated carbocycles. The van der Waals surface area contributed by atoms with Crippen LogP contribution in [0.3, 0.4) is 0 Å². The lowest BCUT2D eigenvalue weighted by atomic mass is 9.79. The molecule has 2 N–H and O–H groups in total. The first-order chi connectivity index (χ1) is 10.1. The van der Waals surface area contributed by atoms with Gasteiger partial charge in [-0.05, 0) is 38.9 Å². The fourth-order valence-corrected chi connectivity index (χ4v) is 2.94. The number of ether oxygens (including phenoxy) is 1. The molecule has 0 amide bonds. The lowest BCUT2D eigenvalue weighted by molar-refractivity contribution is 0.0635. The summed E-state index contributed by atoms with van der Waals surface area (Å²) in [6, 6.07) is 3.76. The number of anilines is 1. The van der Waals surface area contributed by atoms with Gasteiger partial charge in [0, 0.05) is 19.1 Å². The maximum Gasteiger partial charge on any atom is 0.145 e. The second-order valence-corrected chi connectivity index (χ2v) is 6.01. The van der Waals surface area contributed by atoms with E-state index in [0.29, 0.717) is 28.7 Å². The van der Waals surface area contributed by atoms with Gasteiger partial charge in [-0.2, -0.15) is 5.26 Å². The topological polar surface area (TPSA) is 70.0 Å². The van der Waals surface area contributed by atoms with Crippen molar-refractivity contribution in [2.75, 3.05) is 38.7 Å². The SMILES string of the molecule is COCC1(CNc2nc(C)c(C#N)cc2Cl)CCNCC1. The molecule has 0 atom stereocenters. The molecule has 21 heavy (non-hydrogen) atoms. The maximum absolute atomic E-state index is 8.99. The number of nitrogens with zero attached hydrogens (tertiary/aromatic N) is 2. The van der Waals surface area contributed by atoms with Crippen LogP contribution in [-0.4, -0.2) is 38.3 Å². The van der Waals surface area contributed by atoms with E-state index in [1.807, 2.05) is 6.92 Å². The van der Waals surface area contributed by atoms with Crippen molar-refractivity contribution < 1.29 is 4.74 Å². The molecule has 1 aromatic heterocycles. The Bertz CT molecular complexity index is 530. The highest BCUT2D eigenvalue weighted by molar-refractivity contribution is 6.33. The maximum atomic E-state index is 8.99. The number of piperidine rings is 1. The van der Waals surface area contributed by atoms with Crippen molar-refractivity contribution in [1.29, 1.82) is 5.26 Å². The van der Waals surface area contributed by atoms with Crippen molar-refractivity contribution >= 4 is 17.4 Å². The van der Waals surface area contributed by atoms with Crippen molar-refractivity contribution in [1.82, 2.24) is 10.3 Å². The summed E-state index contributed by atoms with van der Waals surface area (Å²) in [5.41, 5.74) is 1.31. The van der Waals surface area contributed by atoms with E-state index in [9.17, 15) is 0 Å². The monoisotopic (exact) mass is 308 g/mol. The average Bonchev–Trinajstić information content (AvgIpc) is 2.49. The first-order valence-corrected chi connectivity index (χ1v) is 7.49. The summed E-state index contributed by atoms with van der Waals surface area (Å²) in [5.74, 6) is 0.641. The summed E-state index contributed by atoms with van der Waals surface area (Å²) >= 11 is 6.20. The molecular formula is C15H21ClN4O. The van der Waals surface area contributed by atoms with Gasteiger partial charge in [-0.15, -0.1) is 0 Å². The number of aromatic nitrogens is 1. The number of pyridine rings is 1. The van der Waals surface area contributed by atoms with Gasteiger partial charge in [0.2, 0.25) is 0 Å². The van der Waals surface area contributed by atoms with Crippen LogP contribution in [0.1, 0.15) is 24.1 Å². The second-order valence-electron chi connectivity index (χ2n) is 5.60. The van der Waals surface area contributed by atoms with E-state index in [2.05, 4.69) is 21.7 Å². The first kappa shape index (κ1) is 16.0. The molecule has 0 unspecified atom stereocenters. The van der Waals surface area contributed by atoms with Gasteiger partial charge in [0.1, 0.15) is 11.9 Å². The Kier molecular flexibility index (Phi) is 5.40. The Labute approximate surface area is 130 Å². The van der Waals surface area contributed by atoms with E-state index < -0.39 is 0 Å². The Morgan fingerprint density at radius 1 is 1.52 bits per heavy atom. The molecule has 0 spiro atoms. The van der Waals surface area contributed by atoms with E-state index in [1.54, 1.807) is 13.2 Å². The van der Waals surface area contributed by atoms with Crippen molar-refractivity contribution in [2.24, 2.45) is 5.41 Å². The van der Waals surface area contributed by atoms with Gasteiger partial charge in [0.05, 0.1) is 22.9 Å². The number of hydrogen-bond acceptors (Lipinski definition) is 5. The minimum Gasteiger partial charge on any atom is -0.384 e. The summed E-state index contributed by atoms with van der Waals surface area (Å²) in [6.45, 7) is 5.29. The summed E-state index contributed by atoms with van der Waals surface area (Å²) in [6.07, 6.45) is 2.11. The van der Waals surface area contributed by atoms with E-state index in [1.165, 1.54) is 0 Å². The van der Waals surface area contributed by atoms with Crippen LogP contribution in [-0.2, 0) is 4.74 Å². The van der Waals surface area contributed by atoms with E-state index >= 15 is 0 Å². The Morgan fingerprint density at radius 2 is 2.24 bits per heavy atom. The van der Waals surface area contributed by atoms with E-state index in [-0.39, 0.29) is 5.41 Å². The summed E-state index contributed by atoms with van der Waals surface area (Å²) in [7, 11) is 1.74. The molecule has 6 heteroatoms. The number of aryl methyl sites for hydroxylation is 1. The Balaban J connectivity index is 2.11. The quantitative estimate of drug-likeness (QED) is 0.874. The fraction of sp³-hybridized carbons (Fsp3) is 0.600. The van der Waals surface area contributed by atoms with Gasteiger partial charge in [0.25, 0.3) is 0 Å². The first-order valence-electron chi connectivity index (χ1n) is 7.11. The van der Waals surface area contributed by atoms with Crippen LogP contribution in [0.2, 0.25) is 5.02 Å². The highest BCUT2D eigenvalue weighted by Gasteiger charge is 2.32. The zero-order valence-electron chi connectivity index (χ0n) is 12.5. The molecule has 2 rings (SSSR count). The highest BCUT2D eigenvalue weighted by atomic mass is 35.5. The number of nitrogens with one attached hydrogen (secondary N) is 2. The molecular weight excluding hydrogens is 288 g/mol. The number of hydrogen-bond donors (Lipinski definition) is 2. The van der Waals surface area contributed by atoms with Gasteiger partial charge in [-0.3, -0.25) is 0 Å². The molecule has 114 valence electrons. The van der Waals surface area contributed by atoms with Gasteiger partial charge in [-0.25, -0.2) is 4.98 Å². The van der Waals surface area contributed by atoms with Crippen LogP contribution in [0.4, 0.5) is 5.82 Å². The zero-order chi connectivity index (χ0) is 15.3. The minimum atomic E-state index is 0.104. The van der Waals surface area contributed by atoms with Crippen LogP contribution in [0.5, 0.6) is 0 Å². The number of halogens is 1. The molecule has 0 radical (unpaired) electrons. The molecule has 0 aliphatic carbocycles. The molecule has 5 nitrogen and oxygen atoms in total. The minimum absolute atomic E-state index is 0.104. The zero-order valence-corrected chi connectivity index (χ0v) is 13.3. The molecule has 0 bridgehead atoms. The van der Waals surface area contributed by atoms with Crippen molar-refractivity contribution in [2.45, 2.75) is 19.8 Å². The van der Waals surface area contributed by atoms with Crippen LogP contribution < -0.4 is 10.6 Å². The average molecular weight is 309 g/mol. The predicted octanol–water partition coefficient (Wildman–Crippen LogP) is 2.34. The molecule has 1 saturated heterocycles. The number of methoxy groups -OCH3 is 1. The highest BCUT2D eigenvalue weighted by Crippen LogP contribution is 2.31. The molecule has 1 aliphatic heterocycles. The predicted molar refractivity (Wildman–Crippen MR) is 83.6 cm³/mol. The summed E-state index contributed by atoms with van der Waals surface area (Å²) in [4.78, 5) is 4.40. The third-order valence-electron chi connectivity index (χ3n) is 4.03. The van der Waals surface area contributed by atoms with Crippen molar-refractivity contribution in [3.05, 3.63) is 22.3 Å². The van der Waals surface area contributed by atoms with Gasteiger partial charge in [0.15, 0.2) is 0 Å². The van der Waals surface area contributed by atoms with Crippen LogP contribution >= 0.6 is 11.6 Å². The lowest BCUT2D eigenvalue weighted by Crippen LogP contribution is -2.44. The largest absolute Gasteiger partial charge is 0.384 e. The van der Waals surface area contributed by atoms with Crippen LogP contribution in [0, 0.1) is 23.7 Å². The fourth-order valence-electron chi connectivity index (χ4n) is 2.72. The molecule has 2 heterocycles. The lowest BCUT2D eigenvalue weighted by Gasteiger charge is -2.37. The third kappa shape index (κ3) is 3.85. The van der Waals surface area contributed by atoms with Gasteiger partial charge < -0.3 is 15.4 Å². The molecule has 1 aromatic rings. The number of nitriles is 1. The van der Waals surface area contributed by atoms with E-state index in [0.717, 1.165) is 32.5 Å². The Morgan fingerprint density at radius 3 is 2.86 bits per heavy atom. The van der Waals surface area contributed by atoms with Gasteiger partial charge in [-0.1, -0.05) is 11.6 Å². The van der Waals surface area contributed by atoms with Gasteiger partial charge >= 0.3 is 0 Å². The molecule has 1 fully saturated rings. The van der Waals surface area contributed by atoms with Crippen LogP contribution in [0.25, 0.3) is 0 Å². The summed E-state index contributed by atoms with van der Waals surface area (Å²) < 4.78 is 5.40. The Hall–Kier alpha value is -1.35. The van der Waals surface area contributed by atoms with Crippen molar-refractivity contribution in [3.63, 3.8) is 0 Å². The van der Waals surface area contributed by atoms with Crippen LogP contribution in [0.15, 0.2) is 6.07 Å². The third-order valence-corrected chi connectivity index (χ3v) is 4.32. The van der Waals surface area contributed by atoms with Crippen molar-refractivity contribution in [3.8, 4) is 6.07 Å². The number of rotatable bonds is 5. The summed E-state index contributed by atoms with van der Waals surface area (Å²) in [5, 5.41) is 16.2. The normalized spacial score (nSPS) is 17.2. The second kappa shape index (κ2) is 7.08. The standard InChI is InChI=1S/C15H21ClN4O/c1-11-12(8-17)7-13(16)14(20-11)19-9-15(10-21-2)3-5-18-6-4-15/h7,18H,3-6,9-10H2,1-2H3,(H,19,20).